The molecule has 0 fully saturated rings. The van der Waals surface area contributed by atoms with Crippen molar-refractivity contribution >= 4 is 17.6 Å². The predicted molar refractivity (Wildman–Crippen MR) is 63.9 cm³/mol. The zero-order valence-electron chi connectivity index (χ0n) is 9.68. The number of carbonyl (C=O) groups excluding carboxylic acids is 2. The van der Waals surface area contributed by atoms with Gasteiger partial charge in [0.2, 0.25) is 5.91 Å². The second kappa shape index (κ2) is 5.89. The lowest BCUT2D eigenvalue weighted by Gasteiger charge is -2.08. The van der Waals surface area contributed by atoms with Crippen molar-refractivity contribution in [1.29, 1.82) is 0 Å². The van der Waals surface area contributed by atoms with Gasteiger partial charge in [-0.2, -0.15) is 0 Å². The molecule has 1 unspecified atom stereocenters. The van der Waals surface area contributed by atoms with E-state index in [1.54, 1.807) is 31.2 Å². The van der Waals surface area contributed by atoms with Crippen molar-refractivity contribution in [2.24, 2.45) is 11.7 Å². The highest BCUT2D eigenvalue weighted by Gasteiger charge is 2.12. The van der Waals surface area contributed by atoms with Crippen LogP contribution in [0.1, 0.15) is 12.5 Å². The van der Waals surface area contributed by atoms with Crippen molar-refractivity contribution in [2.45, 2.75) is 13.3 Å². The standard InChI is InChI=1S/C12H16N2O3/c1-8(12(14)16)7-17-11(15)6-9-3-2-4-10(13)5-9/h2-5,8H,6-7,13H2,1H3,(H2,14,16). The highest BCUT2D eigenvalue weighted by atomic mass is 16.5. The summed E-state index contributed by atoms with van der Waals surface area (Å²) >= 11 is 0. The van der Waals surface area contributed by atoms with Crippen LogP contribution >= 0.6 is 0 Å². The van der Waals surface area contributed by atoms with Crippen molar-refractivity contribution in [3.63, 3.8) is 0 Å². The molecule has 92 valence electrons. The summed E-state index contributed by atoms with van der Waals surface area (Å²) in [4.78, 5) is 22.2. The number of hydrogen-bond donors (Lipinski definition) is 2. The molecule has 1 amide bonds. The molecule has 1 rings (SSSR count). The third kappa shape index (κ3) is 4.55. The second-order valence-corrected chi connectivity index (χ2v) is 3.91. The van der Waals surface area contributed by atoms with Crippen LogP contribution in [-0.2, 0) is 20.7 Å². The Labute approximate surface area is 99.7 Å². The van der Waals surface area contributed by atoms with Crippen LogP contribution < -0.4 is 11.5 Å². The molecular formula is C12H16N2O3. The van der Waals surface area contributed by atoms with E-state index in [2.05, 4.69) is 0 Å². The molecule has 0 heterocycles. The molecule has 5 nitrogen and oxygen atoms in total. The van der Waals surface area contributed by atoms with E-state index in [0.717, 1.165) is 5.56 Å². The highest BCUT2D eigenvalue weighted by Crippen LogP contribution is 2.08. The molecule has 0 aromatic heterocycles. The largest absolute Gasteiger partial charge is 0.465 e. The van der Waals surface area contributed by atoms with Gasteiger partial charge in [0.05, 0.1) is 12.3 Å². The fourth-order valence-corrected chi connectivity index (χ4v) is 1.22. The lowest BCUT2D eigenvalue weighted by atomic mass is 10.1. The third-order valence-corrected chi connectivity index (χ3v) is 2.28. The van der Waals surface area contributed by atoms with E-state index >= 15 is 0 Å². The van der Waals surface area contributed by atoms with Crippen LogP contribution in [0.5, 0.6) is 0 Å². The number of hydrogen-bond acceptors (Lipinski definition) is 4. The lowest BCUT2D eigenvalue weighted by Crippen LogP contribution is -2.26. The molecule has 0 aliphatic heterocycles. The van der Waals surface area contributed by atoms with E-state index in [1.165, 1.54) is 0 Å². The van der Waals surface area contributed by atoms with E-state index in [4.69, 9.17) is 16.2 Å². The first-order valence-corrected chi connectivity index (χ1v) is 5.28. The molecule has 5 heteroatoms. The first-order valence-electron chi connectivity index (χ1n) is 5.28. The zero-order chi connectivity index (χ0) is 12.8. The van der Waals surface area contributed by atoms with Crippen molar-refractivity contribution in [3.8, 4) is 0 Å². The fourth-order valence-electron chi connectivity index (χ4n) is 1.22. The molecule has 0 saturated carbocycles. The zero-order valence-corrected chi connectivity index (χ0v) is 9.68. The predicted octanol–water partition coefficient (Wildman–Crippen LogP) is 0.476. The molecule has 17 heavy (non-hydrogen) atoms. The van der Waals surface area contributed by atoms with E-state index in [1.807, 2.05) is 0 Å². The normalized spacial score (nSPS) is 11.8. The summed E-state index contributed by atoms with van der Waals surface area (Å²) in [6, 6.07) is 7.00. The fraction of sp³-hybridized carbons (Fsp3) is 0.333. The molecule has 1 aromatic rings. The van der Waals surface area contributed by atoms with Gasteiger partial charge in [-0.25, -0.2) is 0 Å². The van der Waals surface area contributed by atoms with Gasteiger partial charge in [-0.05, 0) is 17.7 Å². The molecule has 0 aliphatic carbocycles. The van der Waals surface area contributed by atoms with Crippen molar-refractivity contribution in [2.75, 3.05) is 12.3 Å². The Kier molecular flexibility index (Phi) is 4.51. The minimum atomic E-state index is -0.484. The SMILES string of the molecule is CC(COC(=O)Cc1cccc(N)c1)C(N)=O. The smallest absolute Gasteiger partial charge is 0.310 e. The molecule has 0 saturated heterocycles. The van der Waals surface area contributed by atoms with Crippen LogP contribution in [0.25, 0.3) is 0 Å². The van der Waals surface area contributed by atoms with Crippen molar-refractivity contribution in [3.05, 3.63) is 29.8 Å². The van der Waals surface area contributed by atoms with Crippen LogP contribution in [0, 0.1) is 5.92 Å². The molecule has 0 spiro atoms. The van der Waals surface area contributed by atoms with E-state index in [9.17, 15) is 9.59 Å². The Morgan fingerprint density at radius 2 is 2.12 bits per heavy atom. The maximum atomic E-state index is 11.4. The number of primary amides is 1. The minimum Gasteiger partial charge on any atom is -0.465 e. The van der Waals surface area contributed by atoms with Crippen molar-refractivity contribution < 1.29 is 14.3 Å². The average molecular weight is 236 g/mol. The molecule has 0 radical (unpaired) electrons. The first kappa shape index (κ1) is 13.0. The molecule has 4 N–H and O–H groups in total. The number of amides is 1. The molecular weight excluding hydrogens is 220 g/mol. The summed E-state index contributed by atoms with van der Waals surface area (Å²) in [5, 5.41) is 0. The minimum absolute atomic E-state index is 0.0104. The van der Waals surface area contributed by atoms with Crippen LogP contribution in [0.4, 0.5) is 5.69 Å². The summed E-state index contributed by atoms with van der Waals surface area (Å²) in [6.45, 7) is 1.62. The molecule has 0 bridgehead atoms. The quantitative estimate of drug-likeness (QED) is 0.574. The number of ether oxygens (including phenoxy) is 1. The topological polar surface area (TPSA) is 95.4 Å². The summed E-state index contributed by atoms with van der Waals surface area (Å²) in [5.41, 5.74) is 12.0. The van der Waals surface area contributed by atoms with Gasteiger partial charge < -0.3 is 16.2 Å². The number of carbonyl (C=O) groups is 2. The van der Waals surface area contributed by atoms with Gasteiger partial charge in [-0.3, -0.25) is 9.59 Å². The van der Waals surface area contributed by atoms with Crippen molar-refractivity contribution in [1.82, 2.24) is 0 Å². The monoisotopic (exact) mass is 236 g/mol. The highest BCUT2D eigenvalue weighted by molar-refractivity contribution is 5.77. The third-order valence-electron chi connectivity index (χ3n) is 2.28. The molecule has 0 aliphatic rings. The maximum absolute atomic E-state index is 11.4. The number of benzene rings is 1. The van der Waals surface area contributed by atoms with Gasteiger partial charge >= 0.3 is 5.97 Å². The Morgan fingerprint density at radius 1 is 1.41 bits per heavy atom. The van der Waals surface area contributed by atoms with E-state index < -0.39 is 17.8 Å². The number of rotatable bonds is 5. The number of esters is 1. The summed E-state index contributed by atoms with van der Waals surface area (Å²) in [6.07, 6.45) is 0.135. The summed E-state index contributed by atoms with van der Waals surface area (Å²) in [7, 11) is 0. The van der Waals surface area contributed by atoms with Gasteiger partial charge in [0, 0.05) is 5.69 Å². The summed E-state index contributed by atoms with van der Waals surface area (Å²) < 4.78 is 4.93. The van der Waals surface area contributed by atoms with Gasteiger partial charge in [-0.15, -0.1) is 0 Å². The molecule has 1 atom stereocenters. The van der Waals surface area contributed by atoms with Crippen LogP contribution in [0.15, 0.2) is 24.3 Å². The van der Waals surface area contributed by atoms with Gasteiger partial charge in [0.1, 0.15) is 6.61 Å². The van der Waals surface area contributed by atoms with E-state index in [-0.39, 0.29) is 13.0 Å². The number of nitrogens with two attached hydrogens (primary N) is 2. The Morgan fingerprint density at radius 3 is 2.71 bits per heavy atom. The number of anilines is 1. The maximum Gasteiger partial charge on any atom is 0.310 e. The Hall–Kier alpha value is -2.04. The van der Waals surface area contributed by atoms with Gasteiger partial charge in [-0.1, -0.05) is 19.1 Å². The van der Waals surface area contributed by atoms with Gasteiger partial charge in [0.15, 0.2) is 0 Å². The Bertz CT molecular complexity index is 418. The van der Waals surface area contributed by atoms with Gasteiger partial charge in [0.25, 0.3) is 0 Å². The lowest BCUT2D eigenvalue weighted by molar-refractivity contribution is -0.145. The summed E-state index contributed by atoms with van der Waals surface area (Å²) in [5.74, 6) is -1.36. The first-order chi connectivity index (χ1) is 7.99. The van der Waals surface area contributed by atoms with Crippen LogP contribution in [-0.4, -0.2) is 18.5 Å². The second-order valence-electron chi connectivity index (χ2n) is 3.91. The number of nitrogen functional groups attached to an aromatic ring is 1. The Balaban J connectivity index is 2.42. The van der Waals surface area contributed by atoms with Crippen LogP contribution in [0.3, 0.4) is 0 Å². The van der Waals surface area contributed by atoms with Crippen LogP contribution in [0.2, 0.25) is 0 Å². The molecule has 1 aromatic carbocycles. The average Bonchev–Trinajstić information content (AvgIpc) is 2.25. The van der Waals surface area contributed by atoms with E-state index in [0.29, 0.717) is 5.69 Å².